The van der Waals surface area contributed by atoms with Gasteiger partial charge in [-0.1, -0.05) is 20.8 Å². The average molecular weight is 280 g/mol. The fourth-order valence-electron chi connectivity index (χ4n) is 2.58. The zero-order chi connectivity index (χ0) is 15.6. The number of hydrogen-bond donors (Lipinski definition) is 2. The van der Waals surface area contributed by atoms with E-state index in [1.54, 1.807) is 0 Å². The molecule has 0 aromatic rings. The third kappa shape index (κ3) is 4.46. The largest absolute Gasteiger partial charge is 0.335 e. The normalized spacial score (nSPS) is 25.5. The van der Waals surface area contributed by atoms with E-state index < -0.39 is 11.6 Å². The molecule has 5 nitrogen and oxygen atoms in total. The molecule has 2 atom stereocenters. The fraction of sp³-hybridized carbons (Fsp3) is 0.867. The van der Waals surface area contributed by atoms with Gasteiger partial charge in [-0.2, -0.15) is 5.26 Å². The molecule has 0 aromatic carbocycles. The molecule has 0 radical (unpaired) electrons. The summed E-state index contributed by atoms with van der Waals surface area (Å²) < 4.78 is 0. The molecule has 0 aliphatic carbocycles. The number of nitriles is 1. The molecule has 114 valence electrons. The van der Waals surface area contributed by atoms with Crippen molar-refractivity contribution in [3.8, 4) is 6.07 Å². The Labute approximate surface area is 122 Å². The third-order valence-corrected chi connectivity index (χ3v) is 3.77. The Morgan fingerprint density at radius 1 is 1.50 bits per heavy atom. The van der Waals surface area contributed by atoms with E-state index in [9.17, 15) is 10.1 Å². The first-order valence-electron chi connectivity index (χ1n) is 7.31. The summed E-state index contributed by atoms with van der Waals surface area (Å²) in [5.41, 5.74) is 5.17. The van der Waals surface area contributed by atoms with Gasteiger partial charge in [-0.25, -0.2) is 0 Å². The number of likely N-dealkylation sites (tertiary alicyclic amines) is 1. The highest BCUT2D eigenvalue weighted by molar-refractivity contribution is 5.82. The first-order valence-corrected chi connectivity index (χ1v) is 7.31. The van der Waals surface area contributed by atoms with E-state index in [0.717, 1.165) is 6.54 Å². The summed E-state index contributed by atoms with van der Waals surface area (Å²) in [6.45, 7) is 11.8. The highest BCUT2D eigenvalue weighted by Crippen LogP contribution is 2.24. The number of hydrogen-bond acceptors (Lipinski definition) is 4. The minimum absolute atomic E-state index is 0.00376. The van der Waals surface area contributed by atoms with Gasteiger partial charge in [0.2, 0.25) is 5.91 Å². The van der Waals surface area contributed by atoms with E-state index in [-0.39, 0.29) is 11.3 Å². The lowest BCUT2D eigenvalue weighted by molar-refractivity contribution is -0.124. The third-order valence-electron chi connectivity index (χ3n) is 3.77. The van der Waals surface area contributed by atoms with Crippen molar-refractivity contribution < 1.29 is 4.79 Å². The summed E-state index contributed by atoms with van der Waals surface area (Å²) >= 11 is 0. The minimum atomic E-state index is -0.781. The minimum Gasteiger partial charge on any atom is -0.335 e. The Morgan fingerprint density at radius 2 is 2.10 bits per heavy atom. The summed E-state index contributed by atoms with van der Waals surface area (Å²) in [7, 11) is 0. The first kappa shape index (κ1) is 16.9. The molecule has 1 fully saturated rings. The lowest BCUT2D eigenvalue weighted by Crippen LogP contribution is -2.55. The van der Waals surface area contributed by atoms with Crippen molar-refractivity contribution in [3.63, 3.8) is 0 Å². The summed E-state index contributed by atoms with van der Waals surface area (Å²) in [6, 6.07) is 2.10. The van der Waals surface area contributed by atoms with Crippen LogP contribution in [-0.2, 0) is 4.79 Å². The average Bonchev–Trinajstić information content (AvgIpc) is 2.72. The van der Waals surface area contributed by atoms with Crippen molar-refractivity contribution in [2.24, 2.45) is 11.1 Å². The van der Waals surface area contributed by atoms with Crippen molar-refractivity contribution in [2.45, 2.75) is 65.1 Å². The van der Waals surface area contributed by atoms with Crippen LogP contribution in [0.4, 0.5) is 0 Å². The Kier molecular flexibility index (Phi) is 5.17. The van der Waals surface area contributed by atoms with Gasteiger partial charge >= 0.3 is 0 Å². The first-order chi connectivity index (χ1) is 9.08. The molecule has 1 amide bonds. The Balaban J connectivity index is 2.66. The molecule has 3 N–H and O–H groups in total. The van der Waals surface area contributed by atoms with E-state index in [1.165, 1.54) is 0 Å². The van der Waals surface area contributed by atoms with Gasteiger partial charge in [-0.3, -0.25) is 9.69 Å². The number of nitrogens with two attached hydrogens (primary N) is 1. The molecule has 1 aliphatic heterocycles. The van der Waals surface area contributed by atoms with Gasteiger partial charge in [0.05, 0.1) is 12.1 Å². The summed E-state index contributed by atoms with van der Waals surface area (Å²) in [6.07, 6.45) is 1.27. The molecule has 20 heavy (non-hydrogen) atoms. The standard InChI is InChI=1S/C15H28N4O/c1-11(2)19-7-6-15(9-16,10-19)18-13(20)12(17)8-14(3,4)5/h11-12H,6-8,10,17H2,1-5H3,(H,18,20). The van der Waals surface area contributed by atoms with Crippen molar-refractivity contribution in [3.05, 3.63) is 0 Å². The Bertz CT molecular complexity index is 394. The number of nitrogens with zero attached hydrogens (tertiary/aromatic N) is 2. The number of amides is 1. The Hall–Kier alpha value is -1.12. The van der Waals surface area contributed by atoms with Crippen molar-refractivity contribution in [2.75, 3.05) is 13.1 Å². The summed E-state index contributed by atoms with van der Waals surface area (Å²) in [5.74, 6) is -0.216. The van der Waals surface area contributed by atoms with E-state index in [1.807, 2.05) is 0 Å². The quantitative estimate of drug-likeness (QED) is 0.812. The second-order valence-electron chi connectivity index (χ2n) is 7.37. The maximum atomic E-state index is 12.2. The molecular formula is C15H28N4O. The molecule has 1 aliphatic rings. The van der Waals surface area contributed by atoms with E-state index >= 15 is 0 Å². The van der Waals surface area contributed by atoms with Gasteiger partial charge in [0, 0.05) is 19.1 Å². The fourth-order valence-corrected chi connectivity index (χ4v) is 2.58. The van der Waals surface area contributed by atoms with Crippen LogP contribution in [0.25, 0.3) is 0 Å². The predicted molar refractivity (Wildman–Crippen MR) is 79.9 cm³/mol. The van der Waals surface area contributed by atoms with Crippen molar-refractivity contribution in [1.82, 2.24) is 10.2 Å². The zero-order valence-corrected chi connectivity index (χ0v) is 13.4. The van der Waals surface area contributed by atoms with Crippen LogP contribution in [0.3, 0.4) is 0 Å². The van der Waals surface area contributed by atoms with Gasteiger partial charge in [0.15, 0.2) is 0 Å². The lowest BCUT2D eigenvalue weighted by Gasteiger charge is -2.28. The molecule has 0 bridgehead atoms. The van der Waals surface area contributed by atoms with Crippen LogP contribution in [0.15, 0.2) is 0 Å². The van der Waals surface area contributed by atoms with Gasteiger partial charge in [-0.05, 0) is 32.1 Å². The van der Waals surface area contributed by atoms with Crippen LogP contribution >= 0.6 is 0 Å². The topological polar surface area (TPSA) is 82.2 Å². The summed E-state index contributed by atoms with van der Waals surface area (Å²) in [4.78, 5) is 14.4. The highest BCUT2D eigenvalue weighted by atomic mass is 16.2. The van der Waals surface area contributed by atoms with E-state index in [4.69, 9.17) is 5.73 Å². The maximum absolute atomic E-state index is 12.2. The van der Waals surface area contributed by atoms with Crippen LogP contribution in [0.5, 0.6) is 0 Å². The lowest BCUT2D eigenvalue weighted by atomic mass is 9.87. The van der Waals surface area contributed by atoms with E-state index in [0.29, 0.717) is 25.4 Å². The molecular weight excluding hydrogens is 252 g/mol. The Morgan fingerprint density at radius 3 is 2.50 bits per heavy atom. The summed E-state index contributed by atoms with van der Waals surface area (Å²) in [5, 5.41) is 12.3. The molecule has 0 spiro atoms. The van der Waals surface area contributed by atoms with Crippen molar-refractivity contribution in [1.29, 1.82) is 5.26 Å². The van der Waals surface area contributed by atoms with Crippen LogP contribution in [0.1, 0.15) is 47.5 Å². The van der Waals surface area contributed by atoms with Gasteiger partial charge in [0.1, 0.15) is 5.54 Å². The van der Waals surface area contributed by atoms with E-state index in [2.05, 4.69) is 50.9 Å². The molecule has 1 rings (SSSR count). The zero-order valence-electron chi connectivity index (χ0n) is 13.4. The molecule has 2 unspecified atom stereocenters. The van der Waals surface area contributed by atoms with Crippen LogP contribution in [0.2, 0.25) is 0 Å². The smallest absolute Gasteiger partial charge is 0.238 e. The molecule has 5 heteroatoms. The maximum Gasteiger partial charge on any atom is 0.238 e. The number of nitrogens with one attached hydrogen (secondary N) is 1. The molecule has 0 aromatic heterocycles. The van der Waals surface area contributed by atoms with Gasteiger partial charge < -0.3 is 11.1 Å². The van der Waals surface area contributed by atoms with Crippen LogP contribution in [0, 0.1) is 16.7 Å². The molecule has 1 saturated heterocycles. The second-order valence-corrected chi connectivity index (χ2v) is 7.37. The van der Waals surface area contributed by atoms with Crippen LogP contribution < -0.4 is 11.1 Å². The SMILES string of the molecule is CC(C)N1CCC(C#N)(NC(=O)C(N)CC(C)(C)C)C1. The monoisotopic (exact) mass is 280 g/mol. The number of carbonyl (C=O) groups is 1. The van der Waals surface area contributed by atoms with Crippen molar-refractivity contribution >= 4 is 5.91 Å². The second kappa shape index (κ2) is 6.11. The predicted octanol–water partition coefficient (Wildman–Crippen LogP) is 1.24. The van der Waals surface area contributed by atoms with Gasteiger partial charge in [-0.15, -0.1) is 0 Å². The molecule has 1 heterocycles. The molecule has 0 saturated carbocycles. The number of rotatable bonds is 4. The van der Waals surface area contributed by atoms with Crippen LogP contribution in [-0.4, -0.2) is 41.5 Å². The highest BCUT2D eigenvalue weighted by Gasteiger charge is 2.41. The van der Waals surface area contributed by atoms with Gasteiger partial charge in [0.25, 0.3) is 0 Å². The number of carbonyl (C=O) groups excluding carboxylic acids is 1.